The smallest absolute Gasteiger partial charge is 0.327 e. The molecule has 0 spiro atoms. The molecule has 1 unspecified atom stereocenters. The quantitative estimate of drug-likeness (QED) is 0.689. The van der Waals surface area contributed by atoms with E-state index in [2.05, 4.69) is 0 Å². The van der Waals surface area contributed by atoms with E-state index in [-0.39, 0.29) is 5.92 Å². The SMILES string of the molecule is CCC(C)[C@H](N)CC(F)(F)F. The van der Waals surface area contributed by atoms with Crippen LogP contribution in [0.2, 0.25) is 0 Å². The van der Waals surface area contributed by atoms with E-state index in [1.807, 2.05) is 6.92 Å². The molecule has 0 saturated carbocycles. The predicted octanol–water partition coefficient (Wildman–Crippen LogP) is 2.31. The Bertz CT molecular complexity index is 111. The van der Waals surface area contributed by atoms with Gasteiger partial charge in [0.2, 0.25) is 0 Å². The van der Waals surface area contributed by atoms with Crippen LogP contribution in [0.4, 0.5) is 13.2 Å². The van der Waals surface area contributed by atoms with Crippen LogP contribution in [-0.4, -0.2) is 12.2 Å². The fourth-order valence-corrected chi connectivity index (χ4v) is 0.771. The summed E-state index contributed by atoms with van der Waals surface area (Å²) in [5.74, 6) is -0.0587. The normalized spacial score (nSPS) is 18.0. The van der Waals surface area contributed by atoms with Crippen molar-refractivity contribution in [2.45, 2.75) is 38.9 Å². The molecule has 1 nitrogen and oxygen atoms in total. The van der Waals surface area contributed by atoms with Gasteiger partial charge in [0.05, 0.1) is 6.42 Å². The van der Waals surface area contributed by atoms with Gasteiger partial charge >= 0.3 is 6.18 Å². The van der Waals surface area contributed by atoms with Crippen molar-refractivity contribution < 1.29 is 13.2 Å². The lowest BCUT2D eigenvalue weighted by atomic mass is 9.97. The maximum absolute atomic E-state index is 11.7. The van der Waals surface area contributed by atoms with Gasteiger partial charge in [0.15, 0.2) is 0 Å². The Balaban J connectivity index is 3.77. The van der Waals surface area contributed by atoms with Crippen LogP contribution in [-0.2, 0) is 0 Å². The summed E-state index contributed by atoms with van der Waals surface area (Å²) in [6.07, 6.45) is -4.30. The highest BCUT2D eigenvalue weighted by Gasteiger charge is 2.31. The van der Waals surface area contributed by atoms with E-state index < -0.39 is 18.6 Å². The zero-order chi connectivity index (χ0) is 9.07. The first-order valence-corrected chi connectivity index (χ1v) is 3.69. The zero-order valence-electron chi connectivity index (χ0n) is 6.78. The van der Waals surface area contributed by atoms with Gasteiger partial charge in [-0.05, 0) is 5.92 Å². The molecular weight excluding hydrogens is 155 g/mol. The second kappa shape index (κ2) is 3.95. The third-order valence-electron chi connectivity index (χ3n) is 1.84. The van der Waals surface area contributed by atoms with Crippen molar-refractivity contribution in [2.24, 2.45) is 11.7 Å². The topological polar surface area (TPSA) is 26.0 Å². The first-order valence-electron chi connectivity index (χ1n) is 3.69. The minimum atomic E-state index is -4.12. The molecule has 0 aliphatic heterocycles. The first kappa shape index (κ1) is 10.8. The van der Waals surface area contributed by atoms with Crippen LogP contribution in [0.3, 0.4) is 0 Å². The molecule has 0 saturated heterocycles. The highest BCUT2D eigenvalue weighted by molar-refractivity contribution is 4.71. The van der Waals surface area contributed by atoms with Crippen molar-refractivity contribution in [1.82, 2.24) is 0 Å². The molecule has 0 aromatic heterocycles. The molecule has 0 aromatic rings. The van der Waals surface area contributed by atoms with Crippen molar-refractivity contribution >= 4 is 0 Å². The Morgan fingerprint density at radius 3 is 2.09 bits per heavy atom. The van der Waals surface area contributed by atoms with Crippen LogP contribution in [0, 0.1) is 5.92 Å². The molecule has 0 fully saturated rings. The van der Waals surface area contributed by atoms with E-state index in [0.717, 1.165) is 0 Å². The van der Waals surface area contributed by atoms with Gasteiger partial charge in [-0.1, -0.05) is 20.3 Å². The van der Waals surface area contributed by atoms with Gasteiger partial charge in [-0.25, -0.2) is 0 Å². The Morgan fingerprint density at radius 2 is 1.82 bits per heavy atom. The minimum absolute atomic E-state index is 0.0587. The number of hydrogen-bond acceptors (Lipinski definition) is 1. The molecule has 68 valence electrons. The van der Waals surface area contributed by atoms with Crippen molar-refractivity contribution in [3.63, 3.8) is 0 Å². The highest BCUT2D eigenvalue weighted by atomic mass is 19.4. The average molecular weight is 169 g/mol. The number of nitrogens with two attached hydrogens (primary N) is 1. The van der Waals surface area contributed by atoms with Gasteiger partial charge in [0.25, 0.3) is 0 Å². The standard InChI is InChI=1S/C7H14F3N/c1-3-5(2)6(11)4-7(8,9)10/h5-6H,3-4,11H2,1-2H3/t5?,6-/m1/s1. The van der Waals surface area contributed by atoms with Crippen LogP contribution in [0.25, 0.3) is 0 Å². The highest BCUT2D eigenvalue weighted by Crippen LogP contribution is 2.24. The Hall–Kier alpha value is -0.250. The maximum atomic E-state index is 11.7. The maximum Gasteiger partial charge on any atom is 0.390 e. The molecule has 0 bridgehead atoms. The average Bonchev–Trinajstić information content (AvgIpc) is 1.82. The first-order chi connectivity index (χ1) is 4.87. The Kier molecular flexibility index (Phi) is 3.86. The molecule has 0 radical (unpaired) electrons. The van der Waals surface area contributed by atoms with Gasteiger partial charge in [-0.3, -0.25) is 0 Å². The molecule has 0 aliphatic carbocycles. The Labute approximate surface area is 64.8 Å². The summed E-state index contributed by atoms with van der Waals surface area (Å²) >= 11 is 0. The monoisotopic (exact) mass is 169 g/mol. The van der Waals surface area contributed by atoms with Crippen LogP contribution in [0.15, 0.2) is 0 Å². The largest absolute Gasteiger partial charge is 0.390 e. The van der Waals surface area contributed by atoms with Crippen LogP contribution >= 0.6 is 0 Å². The van der Waals surface area contributed by atoms with Gasteiger partial charge in [0.1, 0.15) is 0 Å². The fraction of sp³-hybridized carbons (Fsp3) is 1.00. The lowest BCUT2D eigenvalue weighted by molar-refractivity contribution is -0.140. The summed E-state index contributed by atoms with van der Waals surface area (Å²) in [7, 11) is 0. The molecule has 0 aliphatic rings. The molecule has 0 heterocycles. The number of rotatable bonds is 3. The van der Waals surface area contributed by atoms with Gasteiger partial charge in [-0.2, -0.15) is 13.2 Å². The molecule has 2 N–H and O–H groups in total. The lowest BCUT2D eigenvalue weighted by Crippen LogP contribution is -2.33. The van der Waals surface area contributed by atoms with Crippen LogP contribution in [0.1, 0.15) is 26.7 Å². The number of alkyl halides is 3. The van der Waals surface area contributed by atoms with E-state index in [1.165, 1.54) is 0 Å². The summed E-state index contributed by atoms with van der Waals surface area (Å²) < 4.78 is 35.2. The summed E-state index contributed by atoms with van der Waals surface area (Å²) in [6, 6.07) is -0.750. The van der Waals surface area contributed by atoms with Crippen molar-refractivity contribution in [3.05, 3.63) is 0 Å². The zero-order valence-corrected chi connectivity index (χ0v) is 6.78. The number of halogens is 3. The van der Waals surface area contributed by atoms with E-state index in [0.29, 0.717) is 6.42 Å². The molecule has 0 rings (SSSR count). The van der Waals surface area contributed by atoms with E-state index >= 15 is 0 Å². The molecule has 11 heavy (non-hydrogen) atoms. The lowest BCUT2D eigenvalue weighted by Gasteiger charge is -2.19. The summed E-state index contributed by atoms with van der Waals surface area (Å²) in [4.78, 5) is 0. The Morgan fingerprint density at radius 1 is 1.36 bits per heavy atom. The van der Waals surface area contributed by atoms with Gasteiger partial charge in [-0.15, -0.1) is 0 Å². The second-order valence-electron chi connectivity index (χ2n) is 2.87. The summed E-state index contributed by atoms with van der Waals surface area (Å²) in [5, 5.41) is 0. The summed E-state index contributed by atoms with van der Waals surface area (Å²) in [5.41, 5.74) is 5.29. The number of hydrogen-bond donors (Lipinski definition) is 1. The van der Waals surface area contributed by atoms with E-state index in [9.17, 15) is 13.2 Å². The molecule has 2 atom stereocenters. The molecule has 4 heteroatoms. The van der Waals surface area contributed by atoms with E-state index in [4.69, 9.17) is 5.73 Å². The van der Waals surface area contributed by atoms with Crippen LogP contribution < -0.4 is 5.73 Å². The summed E-state index contributed by atoms with van der Waals surface area (Å²) in [6.45, 7) is 3.57. The molecular formula is C7H14F3N. The molecule has 0 amide bonds. The molecule has 0 aromatic carbocycles. The van der Waals surface area contributed by atoms with E-state index in [1.54, 1.807) is 6.92 Å². The van der Waals surface area contributed by atoms with Crippen LogP contribution in [0.5, 0.6) is 0 Å². The third-order valence-corrected chi connectivity index (χ3v) is 1.84. The van der Waals surface area contributed by atoms with Gasteiger partial charge in [0, 0.05) is 6.04 Å². The van der Waals surface area contributed by atoms with Crippen molar-refractivity contribution in [1.29, 1.82) is 0 Å². The van der Waals surface area contributed by atoms with Crippen molar-refractivity contribution in [3.8, 4) is 0 Å². The fourth-order valence-electron chi connectivity index (χ4n) is 0.771. The second-order valence-corrected chi connectivity index (χ2v) is 2.87. The van der Waals surface area contributed by atoms with Crippen molar-refractivity contribution in [2.75, 3.05) is 0 Å². The third kappa shape index (κ3) is 5.07. The predicted molar refractivity (Wildman–Crippen MR) is 38.1 cm³/mol. The van der Waals surface area contributed by atoms with Gasteiger partial charge < -0.3 is 5.73 Å². The minimum Gasteiger partial charge on any atom is -0.327 e.